The molecule has 0 spiro atoms. The van der Waals surface area contributed by atoms with Crippen LogP contribution in [0.25, 0.3) is 22.4 Å². The summed E-state index contributed by atoms with van der Waals surface area (Å²) in [5.41, 5.74) is 2.82. The second kappa shape index (κ2) is 8.64. The van der Waals surface area contributed by atoms with Gasteiger partial charge in [0.15, 0.2) is 5.16 Å². The van der Waals surface area contributed by atoms with Crippen LogP contribution in [0.3, 0.4) is 0 Å². The molecule has 0 saturated carbocycles. The Morgan fingerprint density at radius 3 is 2.59 bits per heavy atom. The quantitative estimate of drug-likeness (QED) is 0.202. The van der Waals surface area contributed by atoms with Crippen molar-refractivity contribution in [3.63, 3.8) is 0 Å². The smallest absolute Gasteiger partial charge is 0.270 e. The van der Waals surface area contributed by atoms with Crippen molar-refractivity contribution in [1.82, 2.24) is 19.2 Å². The number of hydrogen-bond donors (Lipinski definition) is 0. The first-order valence-electron chi connectivity index (χ1n) is 10.4. The molecule has 0 fully saturated rings. The van der Waals surface area contributed by atoms with Crippen LogP contribution in [0.15, 0.2) is 76.7 Å². The van der Waals surface area contributed by atoms with Gasteiger partial charge >= 0.3 is 0 Å². The molecule has 0 aliphatic rings. The summed E-state index contributed by atoms with van der Waals surface area (Å²) in [6.45, 7) is 1.94. The SMILES string of the molecule is COc1ccc([N+](=O)[O-])cc1CSc1nnc2n(-c3ccccc3C)c(=O)c3ccccc3n12. The fraction of sp³-hybridized carbons (Fsp3) is 0.125. The number of hydrogen-bond acceptors (Lipinski definition) is 7. The highest BCUT2D eigenvalue weighted by Gasteiger charge is 2.19. The predicted molar refractivity (Wildman–Crippen MR) is 130 cm³/mol. The lowest BCUT2D eigenvalue weighted by atomic mass is 10.2. The number of aryl methyl sites for hydroxylation is 1. The van der Waals surface area contributed by atoms with E-state index >= 15 is 0 Å². The maximum absolute atomic E-state index is 13.5. The van der Waals surface area contributed by atoms with Gasteiger partial charge in [-0.3, -0.25) is 19.3 Å². The van der Waals surface area contributed by atoms with E-state index in [0.717, 1.165) is 11.3 Å². The summed E-state index contributed by atoms with van der Waals surface area (Å²) < 4.78 is 8.81. The Labute approximate surface area is 197 Å². The molecule has 170 valence electrons. The van der Waals surface area contributed by atoms with Crippen LogP contribution in [0.2, 0.25) is 0 Å². The minimum absolute atomic E-state index is 0.0126. The molecule has 2 heterocycles. The fourth-order valence-corrected chi connectivity index (χ4v) is 4.86. The molecule has 0 aliphatic carbocycles. The molecule has 0 unspecified atom stereocenters. The second-order valence-corrected chi connectivity index (χ2v) is 8.55. The summed E-state index contributed by atoms with van der Waals surface area (Å²) in [5.74, 6) is 1.31. The Morgan fingerprint density at radius 1 is 1.06 bits per heavy atom. The van der Waals surface area contributed by atoms with Gasteiger partial charge in [-0.15, -0.1) is 10.2 Å². The summed E-state index contributed by atoms with van der Waals surface area (Å²) in [6, 6.07) is 19.4. The molecule has 5 aromatic rings. The average Bonchev–Trinajstić information content (AvgIpc) is 3.27. The number of nitro benzene ring substituents is 1. The largest absolute Gasteiger partial charge is 0.496 e. The van der Waals surface area contributed by atoms with Crippen molar-refractivity contribution < 1.29 is 9.66 Å². The van der Waals surface area contributed by atoms with Gasteiger partial charge in [-0.2, -0.15) is 0 Å². The molecule has 0 radical (unpaired) electrons. The summed E-state index contributed by atoms with van der Waals surface area (Å²) in [5, 5.41) is 21.1. The second-order valence-electron chi connectivity index (χ2n) is 7.60. The normalized spacial score (nSPS) is 11.2. The zero-order chi connectivity index (χ0) is 23.8. The van der Waals surface area contributed by atoms with E-state index in [4.69, 9.17) is 4.74 Å². The maximum Gasteiger partial charge on any atom is 0.270 e. The molecule has 9 nitrogen and oxygen atoms in total. The van der Waals surface area contributed by atoms with Crippen LogP contribution < -0.4 is 10.3 Å². The minimum atomic E-state index is -0.436. The third-order valence-electron chi connectivity index (χ3n) is 5.58. The molecular formula is C24H19N5O4S. The van der Waals surface area contributed by atoms with Gasteiger partial charge in [0.2, 0.25) is 5.78 Å². The number of nitrogens with zero attached hydrogens (tertiary/aromatic N) is 5. The van der Waals surface area contributed by atoms with Crippen molar-refractivity contribution in [1.29, 1.82) is 0 Å². The fourth-order valence-electron chi connectivity index (χ4n) is 3.94. The Balaban J connectivity index is 1.68. The Hall–Kier alpha value is -4.18. The molecule has 0 saturated heterocycles. The molecule has 2 aromatic heterocycles. The van der Waals surface area contributed by atoms with Gasteiger partial charge in [-0.25, -0.2) is 4.57 Å². The zero-order valence-corrected chi connectivity index (χ0v) is 19.2. The van der Waals surface area contributed by atoms with E-state index < -0.39 is 4.92 Å². The summed E-state index contributed by atoms with van der Waals surface area (Å²) in [6.07, 6.45) is 0. The van der Waals surface area contributed by atoms with E-state index in [-0.39, 0.29) is 11.2 Å². The molecule has 10 heteroatoms. The van der Waals surface area contributed by atoms with Gasteiger partial charge in [0.25, 0.3) is 11.2 Å². The van der Waals surface area contributed by atoms with Crippen LogP contribution in [-0.4, -0.2) is 31.2 Å². The van der Waals surface area contributed by atoms with Gasteiger partial charge < -0.3 is 4.74 Å². The first-order chi connectivity index (χ1) is 16.5. The van der Waals surface area contributed by atoms with Gasteiger partial charge in [0.1, 0.15) is 5.75 Å². The molecule has 0 amide bonds. The van der Waals surface area contributed by atoms with E-state index in [1.54, 1.807) is 16.7 Å². The number of non-ortho nitro benzene ring substituents is 1. The molecule has 34 heavy (non-hydrogen) atoms. The standard InChI is InChI=1S/C24H19N5O4S/c1-15-7-3-5-9-19(15)27-22(30)18-8-4-6-10-20(18)28-23(27)25-26-24(28)34-14-16-13-17(29(31)32)11-12-21(16)33-2/h3-13H,14H2,1-2H3. The molecule has 5 rings (SSSR count). The van der Waals surface area contributed by atoms with Crippen LogP contribution >= 0.6 is 11.8 Å². The lowest BCUT2D eigenvalue weighted by Gasteiger charge is -2.13. The maximum atomic E-state index is 13.5. The van der Waals surface area contributed by atoms with E-state index in [1.807, 2.05) is 53.8 Å². The number of para-hydroxylation sites is 2. The molecule has 0 N–H and O–H groups in total. The topological polar surface area (TPSA) is 105 Å². The van der Waals surface area contributed by atoms with Crippen LogP contribution in [0, 0.1) is 17.0 Å². The Bertz CT molecular complexity index is 1630. The molecule has 0 atom stereocenters. The summed E-state index contributed by atoms with van der Waals surface area (Å²) in [7, 11) is 1.52. The highest BCUT2D eigenvalue weighted by atomic mass is 32.2. The predicted octanol–water partition coefficient (Wildman–Crippen LogP) is 4.55. The monoisotopic (exact) mass is 473 g/mol. The zero-order valence-electron chi connectivity index (χ0n) is 18.3. The number of methoxy groups -OCH3 is 1. The summed E-state index contributed by atoms with van der Waals surface area (Å²) >= 11 is 1.36. The van der Waals surface area contributed by atoms with Gasteiger partial charge in [-0.1, -0.05) is 42.1 Å². The van der Waals surface area contributed by atoms with E-state index in [0.29, 0.717) is 38.9 Å². The van der Waals surface area contributed by atoms with E-state index in [9.17, 15) is 14.9 Å². The van der Waals surface area contributed by atoms with Crippen molar-refractivity contribution >= 4 is 34.1 Å². The number of fused-ring (bicyclic) bond motifs is 3. The number of rotatable bonds is 6. The molecule has 0 aliphatic heterocycles. The number of aromatic nitrogens is 4. The third-order valence-corrected chi connectivity index (χ3v) is 6.56. The van der Waals surface area contributed by atoms with E-state index in [2.05, 4.69) is 10.2 Å². The molecule has 3 aromatic carbocycles. The average molecular weight is 474 g/mol. The van der Waals surface area contributed by atoms with Crippen molar-refractivity contribution in [2.75, 3.05) is 7.11 Å². The Kier molecular flexibility index (Phi) is 5.50. The Morgan fingerprint density at radius 2 is 1.82 bits per heavy atom. The molecule has 0 bridgehead atoms. The number of nitro groups is 1. The number of ether oxygens (including phenoxy) is 1. The number of thioether (sulfide) groups is 1. The lowest BCUT2D eigenvalue weighted by molar-refractivity contribution is -0.384. The van der Waals surface area contributed by atoms with Crippen LogP contribution in [0.1, 0.15) is 11.1 Å². The third kappa shape index (κ3) is 3.57. The first-order valence-corrected chi connectivity index (χ1v) is 11.4. The van der Waals surface area contributed by atoms with Crippen molar-refractivity contribution in [3.05, 3.63) is 98.3 Å². The van der Waals surface area contributed by atoms with Crippen LogP contribution in [-0.2, 0) is 5.75 Å². The van der Waals surface area contributed by atoms with Crippen molar-refractivity contribution in [2.45, 2.75) is 17.8 Å². The van der Waals surface area contributed by atoms with E-state index in [1.165, 1.54) is 31.0 Å². The summed E-state index contributed by atoms with van der Waals surface area (Å²) in [4.78, 5) is 24.3. The van der Waals surface area contributed by atoms with Crippen molar-refractivity contribution in [3.8, 4) is 11.4 Å². The van der Waals surface area contributed by atoms with Crippen LogP contribution in [0.4, 0.5) is 5.69 Å². The van der Waals surface area contributed by atoms with Crippen molar-refractivity contribution in [2.24, 2.45) is 0 Å². The highest BCUT2D eigenvalue weighted by Crippen LogP contribution is 2.31. The van der Waals surface area contributed by atoms with Gasteiger partial charge in [0.05, 0.1) is 28.6 Å². The molecular weight excluding hydrogens is 454 g/mol. The lowest BCUT2D eigenvalue weighted by Crippen LogP contribution is -2.22. The van der Waals surface area contributed by atoms with Gasteiger partial charge in [-0.05, 0) is 36.8 Å². The first kappa shape index (κ1) is 21.7. The number of benzene rings is 3. The van der Waals surface area contributed by atoms with Gasteiger partial charge in [0, 0.05) is 23.4 Å². The minimum Gasteiger partial charge on any atom is -0.496 e. The highest BCUT2D eigenvalue weighted by molar-refractivity contribution is 7.98. The van der Waals surface area contributed by atoms with Crippen LogP contribution in [0.5, 0.6) is 5.75 Å².